The number of hydrogen-bond donors (Lipinski definition) is 2. The van der Waals surface area contributed by atoms with E-state index in [-0.39, 0.29) is 29.9 Å². The quantitative estimate of drug-likeness (QED) is 0.180. The van der Waals surface area contributed by atoms with E-state index in [0.29, 0.717) is 11.8 Å². The summed E-state index contributed by atoms with van der Waals surface area (Å²) in [6.07, 6.45) is 8.70. The Morgan fingerprint density at radius 1 is 1.17 bits per heavy atom. The first-order chi connectivity index (χ1) is 10.7. The van der Waals surface area contributed by atoms with Crippen LogP contribution < -0.4 is 10.6 Å². The van der Waals surface area contributed by atoms with Crippen LogP contribution in [0.1, 0.15) is 65.2 Å². The van der Waals surface area contributed by atoms with E-state index in [4.69, 9.17) is 4.99 Å². The molecule has 0 radical (unpaired) electrons. The average Bonchev–Trinajstić information content (AvgIpc) is 2.49. The van der Waals surface area contributed by atoms with Gasteiger partial charge >= 0.3 is 5.97 Å². The molecule has 6 heteroatoms. The molecule has 136 valence electrons. The molecular formula is C17H34IN3O2. The van der Waals surface area contributed by atoms with E-state index in [1.54, 1.807) is 0 Å². The molecule has 0 spiro atoms. The molecule has 2 N–H and O–H groups in total. The molecule has 1 rings (SSSR count). The van der Waals surface area contributed by atoms with Crippen LogP contribution in [0, 0.1) is 5.41 Å². The highest BCUT2D eigenvalue weighted by Gasteiger charge is 2.34. The lowest BCUT2D eigenvalue weighted by molar-refractivity contribution is -0.140. The summed E-state index contributed by atoms with van der Waals surface area (Å²) in [4.78, 5) is 15.8. The number of nitrogens with one attached hydrogen (secondary N) is 2. The normalized spacial score (nSPS) is 16.0. The van der Waals surface area contributed by atoms with Crippen molar-refractivity contribution in [2.75, 3.05) is 26.7 Å². The molecule has 0 unspecified atom stereocenters. The molecule has 23 heavy (non-hydrogen) atoms. The molecule has 0 aromatic heterocycles. The summed E-state index contributed by atoms with van der Waals surface area (Å²) < 4.78 is 4.63. The van der Waals surface area contributed by atoms with Crippen molar-refractivity contribution in [3.63, 3.8) is 0 Å². The molecule has 1 aliphatic rings. The van der Waals surface area contributed by atoms with Gasteiger partial charge < -0.3 is 15.4 Å². The Bertz CT molecular complexity index is 352. The highest BCUT2D eigenvalue weighted by molar-refractivity contribution is 14.0. The van der Waals surface area contributed by atoms with Gasteiger partial charge in [0.1, 0.15) is 0 Å². The van der Waals surface area contributed by atoms with Gasteiger partial charge in [-0.15, -0.1) is 24.0 Å². The molecule has 0 aromatic rings. The summed E-state index contributed by atoms with van der Waals surface area (Å²) in [5.74, 6) is 0.809. The summed E-state index contributed by atoms with van der Waals surface area (Å²) in [5.41, 5.74) is 0.461. The zero-order chi connectivity index (χ0) is 16.3. The molecule has 5 nitrogen and oxygen atoms in total. The zero-order valence-electron chi connectivity index (χ0n) is 15.0. The number of esters is 1. The first kappa shape index (κ1) is 22.5. The fourth-order valence-corrected chi connectivity index (χ4v) is 2.77. The van der Waals surface area contributed by atoms with Gasteiger partial charge in [-0.05, 0) is 44.4 Å². The maximum absolute atomic E-state index is 11.0. The SMILES string of the molecule is CCNC(=NCC1(CC)CCC1)NCCCCCC(=O)OC.I. The number of aliphatic imine (C=N–C) groups is 1. The summed E-state index contributed by atoms with van der Waals surface area (Å²) >= 11 is 0. The smallest absolute Gasteiger partial charge is 0.305 e. The van der Waals surface area contributed by atoms with Crippen LogP contribution >= 0.6 is 24.0 Å². The van der Waals surface area contributed by atoms with E-state index in [1.165, 1.54) is 32.8 Å². The number of guanidine groups is 1. The van der Waals surface area contributed by atoms with Gasteiger partial charge in [-0.2, -0.15) is 0 Å². The molecule has 0 aliphatic heterocycles. The van der Waals surface area contributed by atoms with Crippen molar-refractivity contribution < 1.29 is 9.53 Å². The maximum Gasteiger partial charge on any atom is 0.305 e. The first-order valence-corrected chi connectivity index (χ1v) is 8.75. The Morgan fingerprint density at radius 3 is 2.43 bits per heavy atom. The molecule has 1 saturated carbocycles. The van der Waals surface area contributed by atoms with Gasteiger partial charge in [0.05, 0.1) is 7.11 Å². The fraction of sp³-hybridized carbons (Fsp3) is 0.882. The molecule has 0 aromatic carbocycles. The lowest BCUT2D eigenvalue weighted by Gasteiger charge is -2.40. The van der Waals surface area contributed by atoms with E-state index in [0.717, 1.165) is 44.9 Å². The van der Waals surface area contributed by atoms with Gasteiger partial charge in [0.25, 0.3) is 0 Å². The van der Waals surface area contributed by atoms with Gasteiger partial charge in [0, 0.05) is 26.1 Å². The van der Waals surface area contributed by atoms with Gasteiger partial charge in [-0.25, -0.2) is 0 Å². The average molecular weight is 439 g/mol. The van der Waals surface area contributed by atoms with Crippen molar-refractivity contribution in [2.24, 2.45) is 10.4 Å². The number of halogens is 1. The monoisotopic (exact) mass is 439 g/mol. The molecule has 0 saturated heterocycles. The van der Waals surface area contributed by atoms with Gasteiger partial charge in [-0.3, -0.25) is 9.79 Å². The van der Waals surface area contributed by atoms with Crippen LogP contribution in [-0.4, -0.2) is 38.7 Å². The Morgan fingerprint density at radius 2 is 1.91 bits per heavy atom. The fourth-order valence-electron chi connectivity index (χ4n) is 2.77. The minimum Gasteiger partial charge on any atom is -0.469 e. The van der Waals surface area contributed by atoms with E-state index in [1.807, 2.05) is 0 Å². The van der Waals surface area contributed by atoms with Crippen LogP contribution in [0.3, 0.4) is 0 Å². The third-order valence-electron chi connectivity index (χ3n) is 4.66. The summed E-state index contributed by atoms with van der Waals surface area (Å²) in [7, 11) is 1.44. The number of ether oxygens (including phenoxy) is 1. The number of methoxy groups -OCH3 is 1. The molecular weight excluding hydrogens is 405 g/mol. The lowest BCUT2D eigenvalue weighted by Crippen LogP contribution is -2.40. The highest BCUT2D eigenvalue weighted by atomic mass is 127. The van der Waals surface area contributed by atoms with Crippen molar-refractivity contribution in [1.82, 2.24) is 10.6 Å². The predicted octanol–water partition coefficient (Wildman–Crippen LogP) is 3.47. The maximum atomic E-state index is 11.0. The van der Waals surface area contributed by atoms with E-state index in [2.05, 4.69) is 29.2 Å². The van der Waals surface area contributed by atoms with Crippen molar-refractivity contribution in [3.05, 3.63) is 0 Å². The lowest BCUT2D eigenvalue weighted by atomic mass is 9.67. The van der Waals surface area contributed by atoms with Crippen molar-refractivity contribution in [2.45, 2.75) is 65.2 Å². The van der Waals surface area contributed by atoms with Crippen LogP contribution in [0.4, 0.5) is 0 Å². The van der Waals surface area contributed by atoms with Gasteiger partial charge in [-0.1, -0.05) is 19.8 Å². The van der Waals surface area contributed by atoms with Gasteiger partial charge in [0.15, 0.2) is 5.96 Å². The summed E-state index contributed by atoms with van der Waals surface area (Å²) in [6, 6.07) is 0. The Hall–Kier alpha value is -0.530. The standard InChI is InChI=1S/C17H33N3O2.HI/c1-4-17(11-9-12-17)14-20-16(18-5-2)19-13-8-6-7-10-15(21)22-3;/h4-14H2,1-3H3,(H2,18,19,20);1H. The first-order valence-electron chi connectivity index (χ1n) is 8.75. The molecule has 0 amide bonds. The molecule has 1 fully saturated rings. The Balaban J connectivity index is 0.00000484. The second-order valence-electron chi connectivity index (χ2n) is 6.22. The minimum atomic E-state index is -0.117. The van der Waals surface area contributed by atoms with Gasteiger partial charge in [0.2, 0.25) is 0 Å². The van der Waals surface area contributed by atoms with E-state index >= 15 is 0 Å². The largest absolute Gasteiger partial charge is 0.469 e. The van der Waals surface area contributed by atoms with Crippen molar-refractivity contribution in [3.8, 4) is 0 Å². The van der Waals surface area contributed by atoms with Crippen LogP contribution in [-0.2, 0) is 9.53 Å². The topological polar surface area (TPSA) is 62.7 Å². The number of carbonyl (C=O) groups is 1. The van der Waals surface area contributed by atoms with Crippen LogP contribution in [0.2, 0.25) is 0 Å². The zero-order valence-corrected chi connectivity index (χ0v) is 17.3. The van der Waals surface area contributed by atoms with Crippen molar-refractivity contribution in [1.29, 1.82) is 0 Å². The minimum absolute atomic E-state index is 0. The van der Waals surface area contributed by atoms with Crippen molar-refractivity contribution >= 4 is 35.9 Å². The Kier molecular flexibility index (Phi) is 12.5. The second-order valence-corrected chi connectivity index (χ2v) is 6.22. The predicted molar refractivity (Wildman–Crippen MR) is 106 cm³/mol. The molecule has 0 heterocycles. The molecule has 0 atom stereocenters. The number of carbonyl (C=O) groups excluding carboxylic acids is 1. The van der Waals surface area contributed by atoms with Crippen LogP contribution in [0.15, 0.2) is 4.99 Å². The third-order valence-corrected chi connectivity index (χ3v) is 4.66. The summed E-state index contributed by atoms with van der Waals surface area (Å²) in [6.45, 7) is 7.07. The van der Waals surface area contributed by atoms with E-state index in [9.17, 15) is 4.79 Å². The molecule has 0 bridgehead atoms. The number of rotatable bonds is 10. The number of unbranched alkanes of at least 4 members (excludes halogenated alkanes) is 2. The van der Waals surface area contributed by atoms with Crippen LogP contribution in [0.25, 0.3) is 0 Å². The summed E-state index contributed by atoms with van der Waals surface area (Å²) in [5, 5.41) is 6.70. The molecule has 1 aliphatic carbocycles. The Labute approximate surface area is 158 Å². The van der Waals surface area contributed by atoms with E-state index < -0.39 is 0 Å². The number of hydrogen-bond acceptors (Lipinski definition) is 3. The third kappa shape index (κ3) is 8.77. The van der Waals surface area contributed by atoms with Crippen LogP contribution in [0.5, 0.6) is 0 Å². The highest BCUT2D eigenvalue weighted by Crippen LogP contribution is 2.43. The second kappa shape index (κ2) is 12.8. The number of nitrogens with zero attached hydrogens (tertiary/aromatic N) is 1.